The molecule has 2 rings (SSSR count). The minimum Gasteiger partial charge on any atom is -0.396 e. The molecule has 2 aromatic rings. The van der Waals surface area contributed by atoms with E-state index in [2.05, 4.69) is 27.8 Å². The highest BCUT2D eigenvalue weighted by Crippen LogP contribution is 2.21. The summed E-state index contributed by atoms with van der Waals surface area (Å²) in [5, 5.41) is 24.2. The fourth-order valence-electron chi connectivity index (χ4n) is 1.85. The summed E-state index contributed by atoms with van der Waals surface area (Å²) in [6.45, 7) is 4.25. The number of tetrazole rings is 1. The molecule has 1 atom stereocenters. The number of nitrogens with one attached hydrogen (secondary N) is 1. The number of aliphatic hydroxyl groups excluding tert-OH is 1. The molecule has 0 saturated carbocycles. The van der Waals surface area contributed by atoms with Crippen molar-refractivity contribution in [3.63, 3.8) is 0 Å². The van der Waals surface area contributed by atoms with Crippen molar-refractivity contribution in [3.8, 4) is 5.69 Å². The van der Waals surface area contributed by atoms with Crippen molar-refractivity contribution in [2.24, 2.45) is 0 Å². The Kier molecular flexibility index (Phi) is 4.11. The third-order valence-corrected chi connectivity index (χ3v) is 3.33. The van der Waals surface area contributed by atoms with Gasteiger partial charge in [-0.05, 0) is 42.3 Å². The van der Waals surface area contributed by atoms with Crippen molar-refractivity contribution in [2.75, 3.05) is 11.9 Å². The van der Waals surface area contributed by atoms with E-state index in [0.29, 0.717) is 12.4 Å². The SMILES string of the molecule is CCC(C)(CCO)Nc1nnnn1-c1ccccc1. The zero-order chi connectivity index (χ0) is 13.7. The zero-order valence-electron chi connectivity index (χ0n) is 11.2. The Morgan fingerprint density at radius 3 is 2.68 bits per heavy atom. The van der Waals surface area contributed by atoms with Gasteiger partial charge in [0.1, 0.15) is 0 Å². The molecule has 0 fully saturated rings. The van der Waals surface area contributed by atoms with Gasteiger partial charge in [-0.3, -0.25) is 0 Å². The smallest absolute Gasteiger partial charge is 0.248 e. The molecule has 0 bridgehead atoms. The van der Waals surface area contributed by atoms with Crippen LogP contribution in [-0.4, -0.2) is 37.5 Å². The lowest BCUT2D eigenvalue weighted by Crippen LogP contribution is -2.36. The predicted molar refractivity (Wildman–Crippen MR) is 73.2 cm³/mol. The standard InChI is InChI=1S/C13H19N5O/c1-3-13(2,9-10-19)14-12-15-16-17-18(12)11-7-5-4-6-8-11/h4-8,19H,3,9-10H2,1-2H3,(H,14,15,17). The number of aromatic nitrogens is 4. The number of aliphatic hydroxyl groups is 1. The highest BCUT2D eigenvalue weighted by Gasteiger charge is 2.24. The van der Waals surface area contributed by atoms with Gasteiger partial charge in [0.15, 0.2) is 0 Å². The Morgan fingerprint density at radius 2 is 2.05 bits per heavy atom. The number of hydrogen-bond acceptors (Lipinski definition) is 5. The maximum absolute atomic E-state index is 9.15. The van der Waals surface area contributed by atoms with Gasteiger partial charge >= 0.3 is 0 Å². The lowest BCUT2D eigenvalue weighted by molar-refractivity contribution is 0.251. The number of benzene rings is 1. The Bertz CT molecular complexity index is 513. The molecular formula is C13H19N5O. The van der Waals surface area contributed by atoms with Crippen LogP contribution >= 0.6 is 0 Å². The molecule has 1 unspecified atom stereocenters. The molecule has 6 nitrogen and oxygen atoms in total. The molecule has 0 amide bonds. The zero-order valence-corrected chi connectivity index (χ0v) is 11.2. The summed E-state index contributed by atoms with van der Waals surface area (Å²) in [6, 6.07) is 9.71. The van der Waals surface area contributed by atoms with Crippen molar-refractivity contribution in [3.05, 3.63) is 30.3 Å². The van der Waals surface area contributed by atoms with Gasteiger partial charge in [-0.15, -0.1) is 0 Å². The maximum atomic E-state index is 9.15. The van der Waals surface area contributed by atoms with Gasteiger partial charge in [-0.1, -0.05) is 30.2 Å². The number of para-hydroxylation sites is 1. The van der Waals surface area contributed by atoms with E-state index in [0.717, 1.165) is 12.1 Å². The molecule has 6 heteroatoms. The monoisotopic (exact) mass is 261 g/mol. The summed E-state index contributed by atoms with van der Waals surface area (Å²) in [4.78, 5) is 0. The van der Waals surface area contributed by atoms with E-state index < -0.39 is 0 Å². The molecule has 0 radical (unpaired) electrons. The molecule has 0 aliphatic heterocycles. The van der Waals surface area contributed by atoms with E-state index in [4.69, 9.17) is 5.11 Å². The molecule has 102 valence electrons. The molecular weight excluding hydrogens is 242 g/mol. The molecule has 1 aromatic heterocycles. The molecule has 0 aliphatic carbocycles. The average molecular weight is 261 g/mol. The van der Waals surface area contributed by atoms with Gasteiger partial charge in [-0.25, -0.2) is 0 Å². The lowest BCUT2D eigenvalue weighted by atomic mass is 9.95. The Morgan fingerprint density at radius 1 is 1.32 bits per heavy atom. The minimum atomic E-state index is -0.226. The quantitative estimate of drug-likeness (QED) is 0.826. The van der Waals surface area contributed by atoms with Gasteiger partial charge in [0.25, 0.3) is 0 Å². The summed E-state index contributed by atoms with van der Waals surface area (Å²) in [6.07, 6.45) is 1.51. The van der Waals surface area contributed by atoms with Crippen LogP contribution in [0.25, 0.3) is 5.69 Å². The van der Waals surface area contributed by atoms with Gasteiger partial charge in [-0.2, -0.15) is 4.68 Å². The van der Waals surface area contributed by atoms with Crippen LogP contribution in [-0.2, 0) is 0 Å². The lowest BCUT2D eigenvalue weighted by Gasteiger charge is -2.29. The Hall–Kier alpha value is -1.95. The number of rotatable bonds is 6. The number of hydrogen-bond donors (Lipinski definition) is 2. The molecule has 19 heavy (non-hydrogen) atoms. The van der Waals surface area contributed by atoms with E-state index >= 15 is 0 Å². The fourth-order valence-corrected chi connectivity index (χ4v) is 1.85. The number of anilines is 1. The topological polar surface area (TPSA) is 75.9 Å². The second kappa shape index (κ2) is 5.79. The molecule has 0 spiro atoms. The van der Waals surface area contributed by atoms with Crippen molar-refractivity contribution >= 4 is 5.95 Å². The third-order valence-electron chi connectivity index (χ3n) is 3.33. The van der Waals surface area contributed by atoms with Crippen molar-refractivity contribution in [1.29, 1.82) is 0 Å². The normalized spacial score (nSPS) is 14.1. The van der Waals surface area contributed by atoms with Crippen molar-refractivity contribution < 1.29 is 5.11 Å². The Balaban J connectivity index is 2.25. The van der Waals surface area contributed by atoms with E-state index in [9.17, 15) is 0 Å². The molecule has 1 aromatic carbocycles. The van der Waals surface area contributed by atoms with E-state index in [1.54, 1.807) is 4.68 Å². The van der Waals surface area contributed by atoms with Crippen LogP contribution in [0.3, 0.4) is 0 Å². The molecule has 0 aliphatic rings. The first kappa shape index (κ1) is 13.5. The van der Waals surface area contributed by atoms with Crippen molar-refractivity contribution in [1.82, 2.24) is 20.2 Å². The first-order chi connectivity index (χ1) is 9.18. The average Bonchev–Trinajstić information content (AvgIpc) is 2.88. The van der Waals surface area contributed by atoms with E-state index in [1.807, 2.05) is 37.3 Å². The third kappa shape index (κ3) is 3.08. The van der Waals surface area contributed by atoms with Gasteiger partial charge in [0.05, 0.1) is 5.69 Å². The highest BCUT2D eigenvalue weighted by atomic mass is 16.3. The summed E-state index contributed by atoms with van der Waals surface area (Å²) >= 11 is 0. The first-order valence-corrected chi connectivity index (χ1v) is 6.41. The second-order valence-corrected chi connectivity index (χ2v) is 4.76. The van der Waals surface area contributed by atoms with Crippen LogP contribution in [0, 0.1) is 0 Å². The minimum absolute atomic E-state index is 0.129. The van der Waals surface area contributed by atoms with E-state index in [-0.39, 0.29) is 12.1 Å². The fraction of sp³-hybridized carbons (Fsp3) is 0.462. The molecule has 2 N–H and O–H groups in total. The maximum Gasteiger partial charge on any atom is 0.248 e. The number of nitrogens with zero attached hydrogens (tertiary/aromatic N) is 4. The van der Waals surface area contributed by atoms with Crippen LogP contribution in [0.2, 0.25) is 0 Å². The molecule has 1 heterocycles. The second-order valence-electron chi connectivity index (χ2n) is 4.76. The van der Waals surface area contributed by atoms with Gasteiger partial charge < -0.3 is 10.4 Å². The van der Waals surface area contributed by atoms with Crippen LogP contribution in [0.1, 0.15) is 26.7 Å². The van der Waals surface area contributed by atoms with E-state index in [1.165, 1.54) is 0 Å². The van der Waals surface area contributed by atoms with Crippen molar-refractivity contribution in [2.45, 2.75) is 32.2 Å². The summed E-state index contributed by atoms with van der Waals surface area (Å²) in [5.41, 5.74) is 0.674. The Labute approximate surface area is 112 Å². The summed E-state index contributed by atoms with van der Waals surface area (Å²) in [7, 11) is 0. The highest BCUT2D eigenvalue weighted by molar-refractivity contribution is 5.39. The van der Waals surface area contributed by atoms with Crippen LogP contribution in [0.4, 0.5) is 5.95 Å². The van der Waals surface area contributed by atoms with Crippen LogP contribution < -0.4 is 5.32 Å². The van der Waals surface area contributed by atoms with Crippen LogP contribution in [0.5, 0.6) is 0 Å². The van der Waals surface area contributed by atoms with Gasteiger partial charge in [0, 0.05) is 12.1 Å². The summed E-state index contributed by atoms with van der Waals surface area (Å²) < 4.78 is 1.66. The predicted octanol–water partition coefficient (Wildman–Crippen LogP) is 1.63. The molecule has 0 saturated heterocycles. The first-order valence-electron chi connectivity index (χ1n) is 6.41. The van der Waals surface area contributed by atoms with Gasteiger partial charge in [0.2, 0.25) is 5.95 Å². The summed E-state index contributed by atoms with van der Waals surface area (Å²) in [5.74, 6) is 0.587. The van der Waals surface area contributed by atoms with Crippen LogP contribution in [0.15, 0.2) is 30.3 Å². The largest absolute Gasteiger partial charge is 0.396 e.